The number of nitrogens with one attached hydrogen (secondary N) is 1. The molecule has 2 rings (SSSR count). The Bertz CT molecular complexity index is 569. The molecule has 0 aliphatic carbocycles. The number of sulfonamides is 1. The molecule has 1 unspecified atom stereocenters. The van der Waals surface area contributed by atoms with Crippen LogP contribution in [0.1, 0.15) is 25.3 Å². The second-order valence-electron chi connectivity index (χ2n) is 5.17. The largest absolute Gasteiger partial charge is 0.315 e. The number of nitrogens with zero attached hydrogens (tertiary/aromatic N) is 1. The van der Waals surface area contributed by atoms with Crippen molar-refractivity contribution in [2.24, 2.45) is 0 Å². The number of hydrogen-bond donors (Lipinski definition) is 1. The first-order chi connectivity index (χ1) is 9.46. The summed E-state index contributed by atoms with van der Waals surface area (Å²) < 4.78 is 40.6. The molecule has 20 heavy (non-hydrogen) atoms. The van der Waals surface area contributed by atoms with E-state index in [1.54, 1.807) is 6.92 Å². The molecular formula is C14H21FN2O2S. The average Bonchev–Trinajstić information content (AvgIpc) is 2.92. The maximum Gasteiger partial charge on any atom is 0.243 e. The topological polar surface area (TPSA) is 49.4 Å². The molecule has 4 nitrogen and oxygen atoms in total. The van der Waals surface area contributed by atoms with E-state index >= 15 is 0 Å². The molecule has 1 atom stereocenters. The lowest BCUT2D eigenvalue weighted by Crippen LogP contribution is -2.42. The molecule has 112 valence electrons. The highest BCUT2D eigenvalue weighted by Crippen LogP contribution is 2.24. The van der Waals surface area contributed by atoms with Gasteiger partial charge in [-0.15, -0.1) is 0 Å². The third-order valence-corrected chi connectivity index (χ3v) is 5.72. The number of benzene rings is 1. The van der Waals surface area contributed by atoms with Gasteiger partial charge in [0.05, 0.1) is 4.90 Å². The molecule has 1 fully saturated rings. The zero-order chi connectivity index (χ0) is 14.8. The summed E-state index contributed by atoms with van der Waals surface area (Å²) in [5, 5.41) is 3.18. The summed E-state index contributed by atoms with van der Waals surface area (Å²) in [6.07, 6.45) is 1.54. The Hall–Kier alpha value is -0.980. The molecule has 0 amide bonds. The molecule has 1 saturated heterocycles. The zero-order valence-electron chi connectivity index (χ0n) is 11.9. The van der Waals surface area contributed by atoms with Crippen molar-refractivity contribution in [3.63, 3.8) is 0 Å². The standard InChI is InChI=1S/C14H21FN2O2S/c1-3-8-17(13-6-7-16-10-13)20(18,19)14-9-12(15)5-4-11(14)2/h4-5,9,13,16H,3,6-8,10H2,1-2H3. The van der Waals surface area contributed by atoms with Crippen molar-refractivity contribution in [3.8, 4) is 0 Å². The van der Waals surface area contributed by atoms with E-state index < -0.39 is 15.8 Å². The summed E-state index contributed by atoms with van der Waals surface area (Å²) in [5.74, 6) is -0.518. The first kappa shape index (κ1) is 15.4. The highest BCUT2D eigenvalue weighted by atomic mass is 32.2. The quantitative estimate of drug-likeness (QED) is 0.903. The van der Waals surface area contributed by atoms with Crippen molar-refractivity contribution in [3.05, 3.63) is 29.6 Å². The smallest absolute Gasteiger partial charge is 0.243 e. The van der Waals surface area contributed by atoms with E-state index in [4.69, 9.17) is 0 Å². The summed E-state index contributed by atoms with van der Waals surface area (Å²) >= 11 is 0. The van der Waals surface area contributed by atoms with Gasteiger partial charge in [0.2, 0.25) is 10.0 Å². The van der Waals surface area contributed by atoms with Gasteiger partial charge in [-0.2, -0.15) is 4.31 Å². The highest BCUT2D eigenvalue weighted by Gasteiger charge is 2.33. The molecule has 1 aromatic carbocycles. The summed E-state index contributed by atoms with van der Waals surface area (Å²) in [6.45, 7) is 5.59. The van der Waals surface area contributed by atoms with Gasteiger partial charge in [-0.25, -0.2) is 12.8 Å². The van der Waals surface area contributed by atoms with Gasteiger partial charge in [-0.3, -0.25) is 0 Å². The van der Waals surface area contributed by atoms with E-state index in [1.165, 1.54) is 16.4 Å². The van der Waals surface area contributed by atoms with Crippen LogP contribution in [-0.4, -0.2) is 38.4 Å². The second-order valence-corrected chi connectivity index (χ2v) is 7.03. The van der Waals surface area contributed by atoms with Crippen LogP contribution >= 0.6 is 0 Å². The predicted octanol–water partition coefficient (Wildman–Crippen LogP) is 1.90. The van der Waals surface area contributed by atoms with Crippen LogP contribution in [0.2, 0.25) is 0 Å². The number of halogens is 1. The van der Waals surface area contributed by atoms with Crippen LogP contribution in [0.5, 0.6) is 0 Å². The summed E-state index contributed by atoms with van der Waals surface area (Å²) in [7, 11) is -3.65. The third-order valence-electron chi connectivity index (χ3n) is 3.62. The molecule has 1 aliphatic heterocycles. The van der Waals surface area contributed by atoms with Crippen LogP contribution in [0.3, 0.4) is 0 Å². The van der Waals surface area contributed by atoms with Gasteiger partial charge in [0.1, 0.15) is 5.82 Å². The van der Waals surface area contributed by atoms with E-state index in [9.17, 15) is 12.8 Å². The molecule has 0 bridgehead atoms. The van der Waals surface area contributed by atoms with Crippen molar-refractivity contribution in [1.82, 2.24) is 9.62 Å². The molecule has 0 radical (unpaired) electrons. The van der Waals surface area contributed by atoms with Crippen LogP contribution in [0, 0.1) is 12.7 Å². The van der Waals surface area contributed by atoms with Crippen molar-refractivity contribution in [2.45, 2.75) is 37.6 Å². The fourth-order valence-corrected chi connectivity index (χ4v) is 4.57. The maximum atomic E-state index is 13.4. The zero-order valence-corrected chi connectivity index (χ0v) is 12.7. The van der Waals surface area contributed by atoms with E-state index in [2.05, 4.69) is 5.32 Å². The molecular weight excluding hydrogens is 279 g/mol. The van der Waals surface area contributed by atoms with Crippen molar-refractivity contribution >= 4 is 10.0 Å². The Balaban J connectivity index is 2.41. The molecule has 1 aliphatic rings. The fourth-order valence-electron chi connectivity index (χ4n) is 2.58. The van der Waals surface area contributed by atoms with Crippen LogP contribution in [0.25, 0.3) is 0 Å². The Morgan fingerprint density at radius 3 is 2.80 bits per heavy atom. The lowest BCUT2D eigenvalue weighted by atomic mass is 10.2. The Labute approximate surface area is 120 Å². The van der Waals surface area contributed by atoms with Gasteiger partial charge in [0, 0.05) is 19.1 Å². The molecule has 0 saturated carbocycles. The maximum absolute atomic E-state index is 13.4. The summed E-state index contributed by atoms with van der Waals surface area (Å²) in [4.78, 5) is 0.0813. The lowest BCUT2D eigenvalue weighted by molar-refractivity contribution is 0.334. The van der Waals surface area contributed by atoms with Crippen LogP contribution in [-0.2, 0) is 10.0 Å². The summed E-state index contributed by atoms with van der Waals surface area (Å²) in [6, 6.07) is 3.88. The van der Waals surface area contributed by atoms with Gasteiger partial charge < -0.3 is 5.32 Å². The average molecular weight is 300 g/mol. The van der Waals surface area contributed by atoms with E-state index in [1.807, 2.05) is 6.92 Å². The van der Waals surface area contributed by atoms with Crippen LogP contribution < -0.4 is 5.32 Å². The molecule has 0 spiro atoms. The summed E-state index contributed by atoms with van der Waals surface area (Å²) in [5.41, 5.74) is 0.582. The van der Waals surface area contributed by atoms with E-state index in [-0.39, 0.29) is 10.9 Å². The first-order valence-electron chi connectivity index (χ1n) is 6.95. The Morgan fingerprint density at radius 2 is 2.20 bits per heavy atom. The second kappa shape index (κ2) is 6.20. The first-order valence-corrected chi connectivity index (χ1v) is 8.39. The van der Waals surface area contributed by atoms with Gasteiger partial charge in [0.15, 0.2) is 0 Å². The fraction of sp³-hybridized carbons (Fsp3) is 0.571. The lowest BCUT2D eigenvalue weighted by Gasteiger charge is -2.27. The minimum atomic E-state index is -3.65. The van der Waals surface area contributed by atoms with Crippen LogP contribution in [0.15, 0.2) is 23.1 Å². The van der Waals surface area contributed by atoms with Gasteiger partial charge >= 0.3 is 0 Å². The highest BCUT2D eigenvalue weighted by molar-refractivity contribution is 7.89. The van der Waals surface area contributed by atoms with Crippen molar-refractivity contribution in [1.29, 1.82) is 0 Å². The molecule has 1 heterocycles. The molecule has 6 heteroatoms. The van der Waals surface area contributed by atoms with Crippen molar-refractivity contribution < 1.29 is 12.8 Å². The third kappa shape index (κ3) is 3.02. The molecule has 0 aromatic heterocycles. The van der Waals surface area contributed by atoms with Gasteiger partial charge in [-0.05, 0) is 44.0 Å². The SMILES string of the molecule is CCCN(C1CCNC1)S(=O)(=O)c1cc(F)ccc1C. The van der Waals surface area contributed by atoms with E-state index in [0.717, 1.165) is 25.5 Å². The number of hydrogen-bond acceptors (Lipinski definition) is 3. The number of rotatable bonds is 5. The minimum Gasteiger partial charge on any atom is -0.315 e. The Kier molecular flexibility index (Phi) is 4.78. The Morgan fingerprint density at radius 1 is 1.45 bits per heavy atom. The monoisotopic (exact) mass is 300 g/mol. The number of aryl methyl sites for hydroxylation is 1. The molecule has 1 aromatic rings. The van der Waals surface area contributed by atoms with Gasteiger partial charge in [-0.1, -0.05) is 13.0 Å². The minimum absolute atomic E-state index is 0.0392. The van der Waals surface area contributed by atoms with Crippen molar-refractivity contribution in [2.75, 3.05) is 19.6 Å². The predicted molar refractivity (Wildman–Crippen MR) is 76.6 cm³/mol. The molecule has 1 N–H and O–H groups in total. The van der Waals surface area contributed by atoms with Crippen LogP contribution in [0.4, 0.5) is 4.39 Å². The normalized spacial score (nSPS) is 19.7. The van der Waals surface area contributed by atoms with E-state index in [0.29, 0.717) is 18.7 Å². The van der Waals surface area contributed by atoms with Gasteiger partial charge in [0.25, 0.3) is 0 Å².